The number of carbonyl (C=O) groups is 1. The molecule has 162 valence electrons. The molecule has 30 heavy (non-hydrogen) atoms. The Labute approximate surface area is 178 Å². The molecule has 0 saturated carbocycles. The zero-order chi connectivity index (χ0) is 21.7. The van der Waals surface area contributed by atoms with Gasteiger partial charge in [0, 0.05) is 8.80 Å². The normalized spacial score (nSPS) is 19.7. The fourth-order valence-electron chi connectivity index (χ4n) is 4.19. The van der Waals surface area contributed by atoms with E-state index in [2.05, 4.69) is 13.8 Å². The Hall–Kier alpha value is -2.08. The van der Waals surface area contributed by atoms with Crippen LogP contribution in [0.15, 0.2) is 48.5 Å². The third-order valence-electron chi connectivity index (χ3n) is 6.01. The quantitative estimate of drug-likeness (QED) is 0.276. The maximum absolute atomic E-state index is 13.1. The first-order valence-electron chi connectivity index (χ1n) is 10.7. The van der Waals surface area contributed by atoms with E-state index in [4.69, 9.17) is 4.74 Å². The van der Waals surface area contributed by atoms with Gasteiger partial charge in [-0.2, -0.15) is 13.2 Å². The van der Waals surface area contributed by atoms with Crippen LogP contribution in [0.3, 0.4) is 0 Å². The van der Waals surface area contributed by atoms with Gasteiger partial charge in [0.2, 0.25) is 0 Å². The Bertz CT molecular complexity index is 838. The van der Waals surface area contributed by atoms with E-state index in [0.717, 1.165) is 18.1 Å². The van der Waals surface area contributed by atoms with Crippen LogP contribution in [0.4, 0.5) is 13.2 Å². The highest BCUT2D eigenvalue weighted by Crippen LogP contribution is 2.37. The van der Waals surface area contributed by atoms with E-state index in [1.54, 1.807) is 12.1 Å². The zero-order valence-electron chi connectivity index (χ0n) is 17.5. The third kappa shape index (κ3) is 5.97. The van der Waals surface area contributed by atoms with Gasteiger partial charge in [-0.15, -0.1) is 0 Å². The number of rotatable bonds is 6. The minimum atomic E-state index is -4.57. The summed E-state index contributed by atoms with van der Waals surface area (Å²) >= 11 is 0. The van der Waals surface area contributed by atoms with E-state index in [-0.39, 0.29) is 5.56 Å². The number of alkyl halides is 3. The summed E-state index contributed by atoms with van der Waals surface area (Å²) in [5.41, 5.74) is 0.516. The lowest BCUT2D eigenvalue weighted by Gasteiger charge is -2.28. The molecular weight excluding hydrogens is 405 g/mol. The lowest BCUT2D eigenvalue weighted by Crippen LogP contribution is -2.21. The van der Waals surface area contributed by atoms with Crippen LogP contribution in [0.1, 0.15) is 60.5 Å². The van der Waals surface area contributed by atoms with Crippen LogP contribution in [0.25, 0.3) is 0 Å². The first kappa shape index (κ1) is 22.6. The molecule has 0 amide bonds. The maximum atomic E-state index is 13.1. The minimum Gasteiger partial charge on any atom is -0.422 e. The minimum absolute atomic E-state index is 0.260. The molecule has 0 aliphatic carbocycles. The summed E-state index contributed by atoms with van der Waals surface area (Å²) in [6.45, 7) is 4.57. The third-order valence-corrected chi connectivity index (χ3v) is 9.46. The lowest BCUT2D eigenvalue weighted by atomic mass is 9.93. The molecule has 0 atom stereocenters. The summed E-state index contributed by atoms with van der Waals surface area (Å²) in [5.74, 6) is 0.0567. The number of carbonyl (C=O) groups excluding carboxylic acids is 1. The number of halogens is 3. The predicted molar refractivity (Wildman–Crippen MR) is 116 cm³/mol. The number of esters is 1. The van der Waals surface area contributed by atoms with Gasteiger partial charge in [-0.05, 0) is 54.5 Å². The van der Waals surface area contributed by atoms with Gasteiger partial charge in [0.15, 0.2) is 0 Å². The highest BCUT2D eigenvalue weighted by Gasteiger charge is 2.34. The fraction of sp³-hybridized carbons (Fsp3) is 0.458. The van der Waals surface area contributed by atoms with Crippen molar-refractivity contribution in [2.75, 3.05) is 0 Å². The number of para-hydroxylation sites is 1. The monoisotopic (exact) mass is 434 g/mol. The van der Waals surface area contributed by atoms with Crippen LogP contribution in [0.5, 0.6) is 5.75 Å². The molecule has 1 heterocycles. The van der Waals surface area contributed by atoms with Crippen molar-refractivity contribution >= 4 is 14.8 Å². The summed E-state index contributed by atoms with van der Waals surface area (Å²) in [7, 11) is -0.596. The second kappa shape index (κ2) is 9.82. The van der Waals surface area contributed by atoms with E-state index < -0.39 is 32.3 Å². The van der Waals surface area contributed by atoms with Crippen LogP contribution in [0.2, 0.25) is 18.1 Å². The molecule has 0 aromatic heterocycles. The van der Waals surface area contributed by atoms with Gasteiger partial charge in [-0.25, -0.2) is 4.79 Å². The van der Waals surface area contributed by atoms with Crippen molar-refractivity contribution in [3.63, 3.8) is 0 Å². The number of hydrogen-bond donors (Lipinski definition) is 0. The first-order valence-corrected chi connectivity index (χ1v) is 13.2. The molecule has 0 radical (unpaired) electrons. The molecule has 0 N–H and O–H groups in total. The highest BCUT2D eigenvalue weighted by atomic mass is 28.3. The molecule has 6 heteroatoms. The van der Waals surface area contributed by atoms with Crippen LogP contribution in [0, 0.1) is 5.92 Å². The molecule has 0 bridgehead atoms. The van der Waals surface area contributed by atoms with Crippen LogP contribution < -0.4 is 4.74 Å². The summed E-state index contributed by atoms with van der Waals surface area (Å²) in [5, 5.41) is 0. The zero-order valence-corrected chi connectivity index (χ0v) is 18.7. The van der Waals surface area contributed by atoms with Crippen molar-refractivity contribution in [2.24, 2.45) is 5.92 Å². The SMILES string of the molecule is CC(C)CC[SiH]1CCC(c2ccc(C(=O)Oc3ccccc3C(F)(F)F)cc2)CC1. The highest BCUT2D eigenvalue weighted by molar-refractivity contribution is 6.59. The molecule has 3 rings (SSSR count). The summed E-state index contributed by atoms with van der Waals surface area (Å²) in [6.07, 6.45) is -0.816. The average molecular weight is 435 g/mol. The van der Waals surface area contributed by atoms with Gasteiger partial charge in [0.05, 0.1) is 11.1 Å². The van der Waals surface area contributed by atoms with Gasteiger partial charge in [-0.3, -0.25) is 0 Å². The smallest absolute Gasteiger partial charge is 0.419 e. The molecule has 0 spiro atoms. The van der Waals surface area contributed by atoms with Gasteiger partial charge in [0.1, 0.15) is 5.75 Å². The molecule has 2 nitrogen and oxygen atoms in total. The average Bonchev–Trinajstić information content (AvgIpc) is 2.72. The standard InChI is InChI=1S/C24H29F3O2Si/c1-17(2)11-14-30-15-12-19(13-16-30)18-7-9-20(10-8-18)23(28)29-22-6-4-3-5-21(22)24(25,26)27/h3-10,17,19,30H,11-16H2,1-2H3. The Morgan fingerprint density at radius 3 is 2.30 bits per heavy atom. The second-order valence-corrected chi connectivity index (χ2v) is 12.2. The topological polar surface area (TPSA) is 26.3 Å². The van der Waals surface area contributed by atoms with Crippen LogP contribution >= 0.6 is 0 Å². The van der Waals surface area contributed by atoms with Crippen LogP contribution in [-0.2, 0) is 6.18 Å². The molecule has 1 saturated heterocycles. The van der Waals surface area contributed by atoms with Crippen molar-refractivity contribution in [1.29, 1.82) is 0 Å². The van der Waals surface area contributed by atoms with E-state index in [1.807, 2.05) is 12.1 Å². The molecule has 1 fully saturated rings. The van der Waals surface area contributed by atoms with E-state index >= 15 is 0 Å². The van der Waals surface area contributed by atoms with Gasteiger partial charge < -0.3 is 4.74 Å². The van der Waals surface area contributed by atoms with Crippen molar-refractivity contribution < 1.29 is 22.7 Å². The second-order valence-electron chi connectivity index (χ2n) is 8.69. The van der Waals surface area contributed by atoms with Crippen molar-refractivity contribution in [3.05, 3.63) is 65.2 Å². The molecule has 0 unspecified atom stereocenters. The molecule has 2 aromatic carbocycles. The lowest BCUT2D eigenvalue weighted by molar-refractivity contribution is -0.138. The molecule has 1 aliphatic rings. The number of ether oxygens (including phenoxy) is 1. The van der Waals surface area contributed by atoms with Crippen molar-refractivity contribution in [1.82, 2.24) is 0 Å². The van der Waals surface area contributed by atoms with E-state index in [0.29, 0.717) is 5.92 Å². The Morgan fingerprint density at radius 1 is 1.07 bits per heavy atom. The fourth-order valence-corrected chi connectivity index (χ4v) is 7.95. The molecule has 1 aliphatic heterocycles. The summed E-state index contributed by atoms with van der Waals surface area (Å²) < 4.78 is 44.3. The van der Waals surface area contributed by atoms with Gasteiger partial charge in [-0.1, -0.05) is 62.7 Å². The van der Waals surface area contributed by atoms with E-state index in [1.165, 1.54) is 55.1 Å². The Kier molecular flexibility index (Phi) is 7.39. The summed E-state index contributed by atoms with van der Waals surface area (Å²) in [4.78, 5) is 12.4. The Balaban J connectivity index is 1.60. The first-order chi connectivity index (χ1) is 14.2. The maximum Gasteiger partial charge on any atom is 0.419 e. The number of hydrogen-bond acceptors (Lipinski definition) is 2. The van der Waals surface area contributed by atoms with Gasteiger partial charge >= 0.3 is 12.1 Å². The predicted octanol–water partition coefficient (Wildman–Crippen LogP) is 7.08. The van der Waals surface area contributed by atoms with Crippen molar-refractivity contribution in [3.8, 4) is 5.75 Å². The van der Waals surface area contributed by atoms with Gasteiger partial charge in [0.25, 0.3) is 0 Å². The Morgan fingerprint density at radius 2 is 1.70 bits per heavy atom. The molecular formula is C24H29F3O2Si. The number of benzene rings is 2. The van der Waals surface area contributed by atoms with E-state index in [9.17, 15) is 18.0 Å². The molecule has 2 aromatic rings. The summed E-state index contributed by atoms with van der Waals surface area (Å²) in [6, 6.07) is 16.1. The van der Waals surface area contributed by atoms with Crippen molar-refractivity contribution in [2.45, 2.75) is 63.3 Å². The van der Waals surface area contributed by atoms with Crippen LogP contribution in [-0.4, -0.2) is 14.8 Å². The largest absolute Gasteiger partial charge is 0.422 e.